The van der Waals surface area contributed by atoms with Crippen LogP contribution in [0.15, 0.2) is 30.2 Å². The molecular weight excluding hydrogens is 232 g/mol. The average molecular weight is 252 g/mol. The molecule has 0 aliphatic heterocycles. The van der Waals surface area contributed by atoms with Gasteiger partial charge >= 0.3 is 0 Å². The Kier molecular flexibility index (Phi) is 5.94. The summed E-state index contributed by atoms with van der Waals surface area (Å²) in [6.07, 6.45) is 3.40. The van der Waals surface area contributed by atoms with Gasteiger partial charge in [0.25, 0.3) is 0 Å². The van der Waals surface area contributed by atoms with Crippen molar-refractivity contribution in [3.05, 3.63) is 35.0 Å². The Labute approximate surface area is 107 Å². The minimum atomic E-state index is -0.389. The van der Waals surface area contributed by atoms with Crippen LogP contribution in [0.2, 0.25) is 0 Å². The van der Waals surface area contributed by atoms with Crippen molar-refractivity contribution in [3.63, 3.8) is 0 Å². The Morgan fingerprint density at radius 2 is 2.47 bits per heavy atom. The summed E-state index contributed by atoms with van der Waals surface area (Å²) in [5, 5.41) is 2.01. The van der Waals surface area contributed by atoms with E-state index < -0.39 is 0 Å². The van der Waals surface area contributed by atoms with Crippen LogP contribution in [-0.4, -0.2) is 23.4 Å². The second-order valence-electron chi connectivity index (χ2n) is 3.98. The third-order valence-corrected chi connectivity index (χ3v) is 3.37. The van der Waals surface area contributed by atoms with Crippen molar-refractivity contribution in [3.8, 4) is 0 Å². The Hall–Kier alpha value is -1.13. The van der Waals surface area contributed by atoms with Crippen LogP contribution in [-0.2, 0) is 11.3 Å². The molecule has 0 aromatic carbocycles. The van der Waals surface area contributed by atoms with E-state index in [2.05, 4.69) is 6.58 Å². The van der Waals surface area contributed by atoms with Gasteiger partial charge in [-0.25, -0.2) is 0 Å². The van der Waals surface area contributed by atoms with E-state index in [1.165, 1.54) is 4.88 Å². The maximum Gasteiger partial charge on any atom is 0.240 e. The van der Waals surface area contributed by atoms with Gasteiger partial charge in [-0.15, -0.1) is 17.9 Å². The van der Waals surface area contributed by atoms with Crippen LogP contribution in [0.25, 0.3) is 0 Å². The molecule has 0 saturated heterocycles. The van der Waals surface area contributed by atoms with Gasteiger partial charge in [0.2, 0.25) is 5.91 Å². The summed E-state index contributed by atoms with van der Waals surface area (Å²) in [5.74, 6) is 0.0140. The molecule has 1 atom stereocenters. The largest absolute Gasteiger partial charge is 0.332 e. The number of carbonyl (C=O) groups excluding carboxylic acids is 1. The van der Waals surface area contributed by atoms with Crippen LogP contribution in [0.1, 0.15) is 24.6 Å². The number of amides is 1. The van der Waals surface area contributed by atoms with Crippen molar-refractivity contribution in [1.82, 2.24) is 4.90 Å². The zero-order valence-corrected chi connectivity index (χ0v) is 11.1. The zero-order valence-electron chi connectivity index (χ0n) is 10.3. The van der Waals surface area contributed by atoms with E-state index in [9.17, 15) is 4.79 Å². The monoisotopic (exact) mass is 252 g/mol. The van der Waals surface area contributed by atoms with Crippen molar-refractivity contribution in [2.24, 2.45) is 5.73 Å². The fraction of sp³-hybridized carbons (Fsp3) is 0.462. The van der Waals surface area contributed by atoms with Crippen LogP contribution < -0.4 is 5.73 Å². The predicted molar refractivity (Wildman–Crippen MR) is 72.8 cm³/mol. The van der Waals surface area contributed by atoms with Crippen molar-refractivity contribution >= 4 is 17.2 Å². The standard InChI is InChI=1S/C13H20N2OS/c1-3-6-12(14)13(16)15(8-4-2)10-11-7-5-9-17-11/h4-5,7,9,12H,2-3,6,8,10,14H2,1H3. The highest BCUT2D eigenvalue weighted by molar-refractivity contribution is 7.09. The molecule has 0 radical (unpaired) electrons. The van der Waals surface area contributed by atoms with Crippen molar-refractivity contribution < 1.29 is 4.79 Å². The highest BCUT2D eigenvalue weighted by Crippen LogP contribution is 2.13. The maximum atomic E-state index is 12.1. The molecule has 1 aromatic heterocycles. The highest BCUT2D eigenvalue weighted by Gasteiger charge is 2.19. The molecule has 0 fully saturated rings. The van der Waals surface area contributed by atoms with Gasteiger partial charge in [-0.1, -0.05) is 25.5 Å². The van der Waals surface area contributed by atoms with Gasteiger partial charge in [0.1, 0.15) is 0 Å². The summed E-state index contributed by atoms with van der Waals surface area (Å²) in [7, 11) is 0. The first kappa shape index (κ1) is 13.9. The molecule has 0 aliphatic rings. The third-order valence-electron chi connectivity index (χ3n) is 2.50. The second-order valence-corrected chi connectivity index (χ2v) is 5.01. The minimum Gasteiger partial charge on any atom is -0.332 e. The van der Waals surface area contributed by atoms with E-state index in [4.69, 9.17) is 5.73 Å². The first-order chi connectivity index (χ1) is 8.19. The van der Waals surface area contributed by atoms with Crippen LogP contribution >= 0.6 is 11.3 Å². The SMILES string of the molecule is C=CCN(Cc1cccs1)C(=O)C(N)CCC. The number of nitrogens with zero attached hydrogens (tertiary/aromatic N) is 1. The first-order valence-corrected chi connectivity index (χ1v) is 6.74. The van der Waals surface area contributed by atoms with Crippen LogP contribution in [0.3, 0.4) is 0 Å². The lowest BCUT2D eigenvalue weighted by Crippen LogP contribution is -2.43. The molecule has 4 heteroatoms. The number of rotatable bonds is 7. The molecule has 0 aliphatic carbocycles. The number of thiophene rings is 1. The fourth-order valence-corrected chi connectivity index (χ4v) is 2.37. The summed E-state index contributed by atoms with van der Waals surface area (Å²) in [6.45, 7) is 6.89. The Balaban J connectivity index is 2.64. The number of hydrogen-bond donors (Lipinski definition) is 1. The number of carbonyl (C=O) groups is 1. The minimum absolute atomic E-state index is 0.0140. The molecule has 1 amide bonds. The molecule has 1 aromatic rings. The number of nitrogens with two attached hydrogens (primary N) is 1. The quantitative estimate of drug-likeness (QED) is 0.757. The summed E-state index contributed by atoms with van der Waals surface area (Å²) < 4.78 is 0. The summed E-state index contributed by atoms with van der Waals surface area (Å²) in [4.78, 5) is 15.0. The van der Waals surface area contributed by atoms with Gasteiger partial charge in [0, 0.05) is 11.4 Å². The molecule has 3 nitrogen and oxygen atoms in total. The van der Waals surface area contributed by atoms with Crippen molar-refractivity contribution in [1.29, 1.82) is 0 Å². The zero-order chi connectivity index (χ0) is 12.7. The molecule has 0 saturated carbocycles. The first-order valence-electron chi connectivity index (χ1n) is 5.86. The Morgan fingerprint density at radius 3 is 3.00 bits per heavy atom. The summed E-state index contributed by atoms with van der Waals surface area (Å²) in [6, 6.07) is 3.63. The molecule has 1 unspecified atom stereocenters. The molecule has 2 N–H and O–H groups in total. The van der Waals surface area contributed by atoms with Gasteiger partial charge in [0.15, 0.2) is 0 Å². The Morgan fingerprint density at radius 1 is 1.71 bits per heavy atom. The second kappa shape index (κ2) is 7.25. The van der Waals surface area contributed by atoms with E-state index in [-0.39, 0.29) is 11.9 Å². The van der Waals surface area contributed by atoms with Gasteiger partial charge in [-0.3, -0.25) is 4.79 Å². The maximum absolute atomic E-state index is 12.1. The average Bonchev–Trinajstić information content (AvgIpc) is 2.80. The van der Waals surface area contributed by atoms with E-state index in [0.717, 1.165) is 12.8 Å². The van der Waals surface area contributed by atoms with Gasteiger partial charge in [0.05, 0.1) is 12.6 Å². The van der Waals surface area contributed by atoms with E-state index in [0.29, 0.717) is 13.1 Å². The summed E-state index contributed by atoms with van der Waals surface area (Å²) in [5.41, 5.74) is 5.87. The molecule has 0 bridgehead atoms. The van der Waals surface area contributed by atoms with Crippen LogP contribution in [0.5, 0.6) is 0 Å². The van der Waals surface area contributed by atoms with Gasteiger partial charge in [-0.2, -0.15) is 0 Å². The van der Waals surface area contributed by atoms with Crippen molar-refractivity contribution in [2.75, 3.05) is 6.54 Å². The highest BCUT2D eigenvalue weighted by atomic mass is 32.1. The van der Waals surface area contributed by atoms with E-state index in [1.807, 2.05) is 24.4 Å². The topological polar surface area (TPSA) is 46.3 Å². The predicted octanol–water partition coefficient (Wildman–Crippen LogP) is 2.39. The molecular formula is C13H20N2OS. The Bertz CT molecular complexity index is 348. The van der Waals surface area contributed by atoms with Gasteiger partial charge < -0.3 is 10.6 Å². The molecule has 1 heterocycles. The smallest absolute Gasteiger partial charge is 0.240 e. The third kappa shape index (κ3) is 4.32. The molecule has 1 rings (SSSR count). The lowest BCUT2D eigenvalue weighted by atomic mass is 10.1. The normalized spacial score (nSPS) is 12.1. The fourth-order valence-electron chi connectivity index (χ4n) is 1.65. The van der Waals surface area contributed by atoms with Crippen molar-refractivity contribution in [2.45, 2.75) is 32.4 Å². The van der Waals surface area contributed by atoms with E-state index >= 15 is 0 Å². The molecule has 17 heavy (non-hydrogen) atoms. The lowest BCUT2D eigenvalue weighted by molar-refractivity contribution is -0.132. The van der Waals surface area contributed by atoms with Crippen LogP contribution in [0, 0.1) is 0 Å². The molecule has 94 valence electrons. The lowest BCUT2D eigenvalue weighted by Gasteiger charge is -2.23. The summed E-state index contributed by atoms with van der Waals surface area (Å²) >= 11 is 1.65. The van der Waals surface area contributed by atoms with Gasteiger partial charge in [-0.05, 0) is 17.9 Å². The number of hydrogen-bond acceptors (Lipinski definition) is 3. The van der Waals surface area contributed by atoms with Crippen LogP contribution in [0.4, 0.5) is 0 Å². The molecule has 0 spiro atoms. The van der Waals surface area contributed by atoms with E-state index in [1.54, 1.807) is 22.3 Å².